The highest BCUT2D eigenvalue weighted by Crippen LogP contribution is 2.50. The Kier molecular flexibility index (Phi) is 6.62. The second kappa shape index (κ2) is 9.42. The fraction of sp³-hybridized carbons (Fsp3) is 0.609. The molecular weight excluding hydrogens is 420 g/mol. The molecule has 9 heteroatoms. The third kappa shape index (κ3) is 5.19. The maximum absolute atomic E-state index is 14.0. The lowest BCUT2D eigenvalue weighted by Crippen LogP contribution is -2.34. The molecule has 1 aliphatic carbocycles. The second-order valence-electron chi connectivity index (χ2n) is 9.15. The Morgan fingerprint density at radius 2 is 1.97 bits per heavy atom. The minimum absolute atomic E-state index is 0.0972. The third-order valence-corrected chi connectivity index (χ3v) is 6.54. The summed E-state index contributed by atoms with van der Waals surface area (Å²) in [5, 5.41) is 12.8. The number of aliphatic carboxylic acids is 1. The molecule has 0 radical (unpaired) electrons. The smallest absolute Gasteiger partial charge is 0.324 e. The number of rotatable bonds is 9. The number of hydrogen-bond donors (Lipinski definition) is 1. The van der Waals surface area contributed by atoms with Crippen LogP contribution in [0.5, 0.6) is 5.75 Å². The van der Waals surface area contributed by atoms with Gasteiger partial charge in [0.2, 0.25) is 0 Å². The molecule has 1 saturated carbocycles. The number of piperidine rings is 1. The Balaban J connectivity index is 1.20. The van der Waals surface area contributed by atoms with E-state index in [0.29, 0.717) is 30.4 Å². The average molecular weight is 449 g/mol. The molecule has 1 aliphatic heterocycles. The SMILES string of the molecule is CC(C)c1noc(N2CCC([C@H]3C[C@H]3CCOc3cc(F)c(CC(=O)O)c(F)c3)CC2)n1. The van der Waals surface area contributed by atoms with Crippen LogP contribution < -0.4 is 9.64 Å². The van der Waals surface area contributed by atoms with Crippen LogP contribution in [-0.2, 0) is 11.2 Å². The van der Waals surface area contributed by atoms with Crippen LogP contribution in [0.25, 0.3) is 0 Å². The van der Waals surface area contributed by atoms with Crippen molar-refractivity contribution in [3.63, 3.8) is 0 Å². The van der Waals surface area contributed by atoms with Gasteiger partial charge < -0.3 is 19.3 Å². The molecule has 1 aromatic carbocycles. The van der Waals surface area contributed by atoms with Crippen molar-refractivity contribution < 1.29 is 27.9 Å². The highest BCUT2D eigenvalue weighted by atomic mass is 19.1. The van der Waals surface area contributed by atoms with Gasteiger partial charge in [-0.25, -0.2) is 8.78 Å². The summed E-state index contributed by atoms with van der Waals surface area (Å²) in [6, 6.07) is 2.73. The first-order valence-corrected chi connectivity index (χ1v) is 11.2. The lowest BCUT2D eigenvalue weighted by molar-refractivity contribution is -0.136. The number of ether oxygens (including phenoxy) is 1. The zero-order chi connectivity index (χ0) is 22.8. The summed E-state index contributed by atoms with van der Waals surface area (Å²) in [5.74, 6) is -0.0748. The fourth-order valence-electron chi connectivity index (χ4n) is 4.60. The van der Waals surface area contributed by atoms with Gasteiger partial charge in [0, 0.05) is 36.7 Å². The van der Waals surface area contributed by atoms with Crippen LogP contribution in [0.2, 0.25) is 0 Å². The Morgan fingerprint density at radius 1 is 1.28 bits per heavy atom. The molecule has 32 heavy (non-hydrogen) atoms. The van der Waals surface area contributed by atoms with Gasteiger partial charge in [-0.15, -0.1) is 0 Å². The zero-order valence-corrected chi connectivity index (χ0v) is 18.4. The van der Waals surface area contributed by atoms with Gasteiger partial charge in [0.05, 0.1) is 13.0 Å². The summed E-state index contributed by atoms with van der Waals surface area (Å²) < 4.78 is 38.9. The van der Waals surface area contributed by atoms with Gasteiger partial charge in [0.15, 0.2) is 5.82 Å². The van der Waals surface area contributed by atoms with E-state index in [1.54, 1.807) is 0 Å². The zero-order valence-electron chi connectivity index (χ0n) is 18.4. The predicted octanol–water partition coefficient (Wildman–Crippen LogP) is 4.42. The van der Waals surface area contributed by atoms with Gasteiger partial charge in [-0.05, 0) is 43.4 Å². The summed E-state index contributed by atoms with van der Waals surface area (Å²) in [6.07, 6.45) is 3.48. The Hall–Kier alpha value is -2.71. The van der Waals surface area contributed by atoms with E-state index in [1.165, 1.54) is 0 Å². The number of anilines is 1. The number of carbonyl (C=O) groups is 1. The maximum atomic E-state index is 14.0. The summed E-state index contributed by atoms with van der Waals surface area (Å²) in [7, 11) is 0. The van der Waals surface area contributed by atoms with E-state index in [2.05, 4.69) is 15.0 Å². The van der Waals surface area contributed by atoms with Crippen LogP contribution in [0.15, 0.2) is 16.7 Å². The molecule has 2 atom stereocenters. The molecule has 2 heterocycles. The van der Waals surface area contributed by atoms with E-state index in [0.717, 1.165) is 56.7 Å². The van der Waals surface area contributed by atoms with Gasteiger partial charge in [-0.3, -0.25) is 4.79 Å². The van der Waals surface area contributed by atoms with Crippen molar-refractivity contribution in [3.05, 3.63) is 35.2 Å². The van der Waals surface area contributed by atoms with Crippen molar-refractivity contribution >= 4 is 12.0 Å². The van der Waals surface area contributed by atoms with E-state index in [9.17, 15) is 13.6 Å². The van der Waals surface area contributed by atoms with Crippen molar-refractivity contribution in [2.75, 3.05) is 24.6 Å². The molecule has 4 rings (SSSR count). The number of aromatic nitrogens is 2. The monoisotopic (exact) mass is 449 g/mol. The van der Waals surface area contributed by atoms with Crippen LogP contribution in [0, 0.1) is 29.4 Å². The minimum atomic E-state index is -1.28. The molecule has 1 N–H and O–H groups in total. The van der Waals surface area contributed by atoms with Crippen molar-refractivity contribution in [3.8, 4) is 5.75 Å². The minimum Gasteiger partial charge on any atom is -0.493 e. The van der Waals surface area contributed by atoms with Crippen LogP contribution in [-0.4, -0.2) is 40.9 Å². The van der Waals surface area contributed by atoms with Gasteiger partial charge >= 0.3 is 12.0 Å². The van der Waals surface area contributed by atoms with Gasteiger partial charge in [-0.1, -0.05) is 19.0 Å². The van der Waals surface area contributed by atoms with Crippen LogP contribution in [0.3, 0.4) is 0 Å². The molecule has 0 spiro atoms. The largest absolute Gasteiger partial charge is 0.493 e. The fourth-order valence-corrected chi connectivity index (χ4v) is 4.60. The number of hydrogen-bond acceptors (Lipinski definition) is 6. The number of carboxylic acids is 1. The van der Waals surface area contributed by atoms with E-state index < -0.39 is 29.6 Å². The second-order valence-corrected chi connectivity index (χ2v) is 9.15. The topological polar surface area (TPSA) is 88.7 Å². The molecule has 0 bridgehead atoms. The van der Waals surface area contributed by atoms with Gasteiger partial charge in [0.25, 0.3) is 0 Å². The van der Waals surface area contributed by atoms with E-state index in [-0.39, 0.29) is 11.7 Å². The lowest BCUT2D eigenvalue weighted by Gasteiger charge is -2.30. The number of nitrogens with zero attached hydrogens (tertiary/aromatic N) is 3. The molecule has 7 nitrogen and oxygen atoms in total. The normalized spacial score (nSPS) is 21.2. The molecule has 2 fully saturated rings. The Bertz CT molecular complexity index is 933. The van der Waals surface area contributed by atoms with Crippen molar-refractivity contribution in [2.24, 2.45) is 17.8 Å². The molecule has 1 saturated heterocycles. The number of benzene rings is 1. The van der Waals surface area contributed by atoms with E-state index in [1.807, 2.05) is 13.8 Å². The summed E-state index contributed by atoms with van der Waals surface area (Å²) >= 11 is 0. The molecule has 2 aromatic rings. The maximum Gasteiger partial charge on any atom is 0.324 e. The summed E-state index contributed by atoms with van der Waals surface area (Å²) in [6.45, 7) is 6.28. The van der Waals surface area contributed by atoms with Crippen LogP contribution >= 0.6 is 0 Å². The molecule has 2 aliphatic rings. The molecular formula is C23H29F2N3O4. The van der Waals surface area contributed by atoms with Gasteiger partial charge in [0.1, 0.15) is 17.4 Å². The molecule has 0 unspecified atom stereocenters. The molecule has 0 amide bonds. The molecule has 1 aromatic heterocycles. The van der Waals surface area contributed by atoms with Crippen molar-refractivity contribution in [2.45, 2.75) is 51.9 Å². The Labute approximate surface area is 185 Å². The van der Waals surface area contributed by atoms with Crippen molar-refractivity contribution in [1.29, 1.82) is 0 Å². The quantitative estimate of drug-likeness (QED) is 0.606. The van der Waals surface area contributed by atoms with Crippen molar-refractivity contribution in [1.82, 2.24) is 10.1 Å². The summed E-state index contributed by atoms with van der Waals surface area (Å²) in [4.78, 5) is 17.4. The first kappa shape index (κ1) is 22.5. The van der Waals surface area contributed by atoms with Gasteiger partial charge in [-0.2, -0.15) is 4.98 Å². The molecule has 174 valence electrons. The predicted molar refractivity (Wildman–Crippen MR) is 113 cm³/mol. The first-order valence-electron chi connectivity index (χ1n) is 11.2. The third-order valence-electron chi connectivity index (χ3n) is 6.54. The number of halogens is 2. The average Bonchev–Trinajstić information content (AvgIpc) is 3.33. The lowest BCUT2D eigenvalue weighted by atomic mass is 9.90. The first-order chi connectivity index (χ1) is 15.3. The van der Waals surface area contributed by atoms with Crippen LogP contribution in [0.1, 0.15) is 56.8 Å². The highest BCUT2D eigenvalue weighted by molar-refractivity contribution is 5.70. The van der Waals surface area contributed by atoms with E-state index in [4.69, 9.17) is 14.4 Å². The highest BCUT2D eigenvalue weighted by Gasteiger charge is 2.43. The Morgan fingerprint density at radius 3 is 2.56 bits per heavy atom. The standard InChI is InChI=1S/C23H29F2N3O4/c1-13(2)22-26-23(32-27-22)28-6-3-14(4-7-28)17-9-15(17)5-8-31-16-10-19(24)18(12-21(29)30)20(25)11-16/h10-11,13-15,17H,3-9,12H2,1-2H3,(H,29,30)/t15-,17-/m1/s1. The number of carboxylic acid groups (broad SMARTS) is 1. The summed E-state index contributed by atoms with van der Waals surface area (Å²) in [5.41, 5.74) is -0.445. The van der Waals surface area contributed by atoms with Crippen LogP contribution in [0.4, 0.5) is 14.8 Å². The van der Waals surface area contributed by atoms with E-state index >= 15 is 0 Å².